The molecule has 1 fully saturated rings. The van der Waals surface area contributed by atoms with Crippen molar-refractivity contribution in [3.05, 3.63) is 77.5 Å². The zero-order valence-electron chi connectivity index (χ0n) is 17.4. The van der Waals surface area contributed by atoms with Gasteiger partial charge in [-0.25, -0.2) is 0 Å². The lowest BCUT2D eigenvalue weighted by Gasteiger charge is -2.33. The third kappa shape index (κ3) is 1.88. The minimum Gasteiger partial charge on any atom is -0.369 e. The van der Waals surface area contributed by atoms with Crippen molar-refractivity contribution in [2.24, 2.45) is 11.7 Å². The van der Waals surface area contributed by atoms with E-state index in [4.69, 9.17) is 10.5 Å². The van der Waals surface area contributed by atoms with Crippen LogP contribution in [0, 0.1) is 5.92 Å². The summed E-state index contributed by atoms with van der Waals surface area (Å²) < 4.78 is 11.1. The van der Waals surface area contributed by atoms with E-state index in [0.717, 1.165) is 43.2 Å². The highest BCUT2D eigenvalue weighted by atomic mass is 32.2. The van der Waals surface area contributed by atoms with Gasteiger partial charge >= 0.3 is 0 Å². The summed E-state index contributed by atoms with van der Waals surface area (Å²) in [7, 11) is -0.639. The van der Waals surface area contributed by atoms with Gasteiger partial charge in [-0.1, -0.05) is 43.0 Å². The summed E-state index contributed by atoms with van der Waals surface area (Å²) >= 11 is 0. The van der Waals surface area contributed by atoms with Crippen LogP contribution >= 0.6 is 10.7 Å². The average Bonchev–Trinajstić information content (AvgIpc) is 3.50. The Bertz CT molecular complexity index is 1600. The van der Waals surface area contributed by atoms with E-state index in [2.05, 4.69) is 39.0 Å². The van der Waals surface area contributed by atoms with Crippen LogP contribution in [0.5, 0.6) is 0 Å². The SMILES string of the molecule is C=C1NC(=O)C2=C1c1c3n(c4ccccc14)[C@@H]1CC(C(N)=O)[C@@H](O1)N1c4ccccc4C2=S31. The highest BCUT2D eigenvalue weighted by Crippen LogP contribution is 2.62. The number of allylic oxidation sites excluding steroid dienone is 1. The molecular formula is C25H18N4O3S. The first-order valence-electron chi connectivity index (χ1n) is 10.9. The Morgan fingerprint density at radius 1 is 1.15 bits per heavy atom. The first-order valence-corrected chi connectivity index (χ1v) is 12.1. The van der Waals surface area contributed by atoms with Crippen LogP contribution in [0.1, 0.15) is 23.8 Å². The second kappa shape index (κ2) is 5.65. The summed E-state index contributed by atoms with van der Waals surface area (Å²) in [6.45, 7) is 4.20. The van der Waals surface area contributed by atoms with Crippen molar-refractivity contribution >= 4 is 49.5 Å². The standard InChI is InChI=1S/C25H18N4O3S/c1-11-18-19-12-6-2-4-8-15(12)28-17-10-14(22(26)30)24(32-17)29-16-9-5-3-7-13(16)21(33(29)25(19)28)20(18)23(31)27-11/h2-9,14,17,24H,1,10H2,(H2,26,30)(H,27,31)/t14?,17-,24+,33?/m0/s1. The average molecular weight is 455 g/mol. The van der Waals surface area contributed by atoms with E-state index >= 15 is 0 Å². The third-order valence-electron chi connectivity index (χ3n) is 7.33. The van der Waals surface area contributed by atoms with Crippen LogP contribution in [0.25, 0.3) is 16.5 Å². The highest BCUT2D eigenvalue weighted by molar-refractivity contribution is 8.18. The molecular weight excluding hydrogens is 436 g/mol. The van der Waals surface area contributed by atoms with Crippen LogP contribution in [0.2, 0.25) is 0 Å². The molecule has 1 aromatic heterocycles. The number of para-hydroxylation sites is 2. The molecule has 2 unspecified atom stereocenters. The number of anilines is 1. The zero-order valence-corrected chi connectivity index (χ0v) is 18.2. The second-order valence-corrected chi connectivity index (χ2v) is 10.7. The number of hydrogen-bond acceptors (Lipinski definition) is 4. The van der Waals surface area contributed by atoms with E-state index in [0.29, 0.717) is 17.7 Å². The maximum Gasteiger partial charge on any atom is 0.257 e. The quantitative estimate of drug-likeness (QED) is 0.553. The Hall–Kier alpha value is -3.62. The predicted octanol–water partition coefficient (Wildman–Crippen LogP) is 3.00. The second-order valence-electron chi connectivity index (χ2n) is 8.93. The minimum atomic E-state index is -0.639. The number of benzene rings is 2. The van der Waals surface area contributed by atoms with Crippen molar-refractivity contribution in [2.75, 3.05) is 4.31 Å². The normalized spacial score (nSPS) is 28.1. The van der Waals surface area contributed by atoms with Crippen LogP contribution in [0.15, 0.2) is 71.4 Å². The fourth-order valence-electron chi connectivity index (χ4n) is 6.08. The molecule has 2 bridgehead atoms. The van der Waals surface area contributed by atoms with Crippen molar-refractivity contribution in [1.82, 2.24) is 9.88 Å². The molecule has 5 aliphatic rings. The number of rotatable bonds is 1. The van der Waals surface area contributed by atoms with E-state index < -0.39 is 22.8 Å². The van der Waals surface area contributed by atoms with Crippen molar-refractivity contribution in [3.8, 4) is 0 Å². The number of fused-ring (bicyclic) bond motifs is 12. The zero-order chi connectivity index (χ0) is 22.2. The molecule has 3 N–H and O–H groups in total. The minimum absolute atomic E-state index is 0.126. The number of carbonyl (C=O) groups excluding carboxylic acids is 2. The molecule has 7 nitrogen and oxygen atoms in total. The van der Waals surface area contributed by atoms with Gasteiger partial charge in [-0.2, -0.15) is 0 Å². The highest BCUT2D eigenvalue weighted by Gasteiger charge is 2.54. The van der Waals surface area contributed by atoms with Gasteiger partial charge in [0, 0.05) is 39.1 Å². The lowest BCUT2D eigenvalue weighted by Crippen LogP contribution is -2.40. The van der Waals surface area contributed by atoms with Gasteiger partial charge < -0.3 is 20.4 Å². The number of aromatic nitrogens is 1. The molecule has 2 aromatic carbocycles. The fourth-order valence-corrected chi connectivity index (χ4v) is 9.00. The molecule has 0 spiro atoms. The maximum atomic E-state index is 13.3. The van der Waals surface area contributed by atoms with E-state index in [9.17, 15) is 9.59 Å². The van der Waals surface area contributed by atoms with E-state index in [1.54, 1.807) is 0 Å². The number of hydrogen-bond donors (Lipinski definition) is 2. The Labute approximate surface area is 191 Å². The monoisotopic (exact) mass is 454 g/mol. The van der Waals surface area contributed by atoms with Crippen molar-refractivity contribution in [1.29, 1.82) is 0 Å². The number of nitrogens with one attached hydrogen (secondary N) is 1. The third-order valence-corrected chi connectivity index (χ3v) is 9.70. The largest absolute Gasteiger partial charge is 0.369 e. The van der Waals surface area contributed by atoms with Crippen LogP contribution in [-0.4, -0.2) is 27.5 Å². The summed E-state index contributed by atoms with van der Waals surface area (Å²) in [5.74, 6) is -0.935. The number of primary amides is 1. The van der Waals surface area contributed by atoms with Crippen LogP contribution in [0.3, 0.4) is 0 Å². The Morgan fingerprint density at radius 2 is 1.94 bits per heavy atom. The number of carbonyl (C=O) groups is 2. The predicted molar refractivity (Wildman–Crippen MR) is 126 cm³/mol. The molecule has 33 heavy (non-hydrogen) atoms. The van der Waals surface area contributed by atoms with Gasteiger partial charge in [-0.15, -0.1) is 0 Å². The van der Waals surface area contributed by atoms with Crippen LogP contribution < -0.4 is 15.4 Å². The number of amides is 2. The van der Waals surface area contributed by atoms with Crippen molar-refractivity contribution in [3.63, 3.8) is 0 Å². The number of nitrogens with zero attached hydrogens (tertiary/aromatic N) is 2. The molecule has 4 atom stereocenters. The molecule has 2 amide bonds. The molecule has 5 aliphatic heterocycles. The molecule has 0 radical (unpaired) electrons. The molecule has 0 saturated carbocycles. The van der Waals surface area contributed by atoms with Crippen molar-refractivity contribution in [2.45, 2.75) is 23.9 Å². The maximum absolute atomic E-state index is 13.3. The molecule has 8 rings (SSSR count). The molecule has 8 heteroatoms. The topological polar surface area (TPSA) is 89.6 Å². The molecule has 0 aliphatic carbocycles. The van der Waals surface area contributed by atoms with Gasteiger partial charge in [0.2, 0.25) is 5.91 Å². The van der Waals surface area contributed by atoms with E-state index in [1.807, 2.05) is 30.3 Å². The van der Waals surface area contributed by atoms with Crippen LogP contribution in [-0.2, 0) is 14.3 Å². The van der Waals surface area contributed by atoms with Gasteiger partial charge in [0.1, 0.15) is 11.3 Å². The Balaban J connectivity index is 1.61. The fraction of sp³-hybridized carbons (Fsp3) is 0.160. The Morgan fingerprint density at radius 3 is 2.79 bits per heavy atom. The first kappa shape index (κ1) is 17.9. The Kier molecular flexibility index (Phi) is 3.06. The summed E-state index contributed by atoms with van der Waals surface area (Å²) in [5, 5.41) is 5.16. The molecule has 162 valence electrons. The molecule has 3 aromatic rings. The summed E-state index contributed by atoms with van der Waals surface area (Å²) in [4.78, 5) is 26.8. The molecule has 6 heterocycles. The number of ether oxygens (including phenoxy) is 1. The first-order chi connectivity index (χ1) is 16.1. The van der Waals surface area contributed by atoms with Gasteiger partial charge in [0.15, 0.2) is 6.23 Å². The lowest BCUT2D eigenvalue weighted by atomic mass is 9.94. The van der Waals surface area contributed by atoms with Crippen molar-refractivity contribution < 1.29 is 14.3 Å². The van der Waals surface area contributed by atoms with Crippen LogP contribution in [0.4, 0.5) is 5.69 Å². The smallest absolute Gasteiger partial charge is 0.257 e. The van der Waals surface area contributed by atoms with E-state index in [-0.39, 0.29) is 18.0 Å². The van der Waals surface area contributed by atoms with Gasteiger partial charge in [-0.3, -0.25) is 13.9 Å². The van der Waals surface area contributed by atoms with Gasteiger partial charge in [-0.05, 0) is 22.8 Å². The van der Waals surface area contributed by atoms with Gasteiger partial charge in [0.25, 0.3) is 5.91 Å². The lowest BCUT2D eigenvalue weighted by molar-refractivity contribution is -0.123. The molecule has 1 saturated heterocycles. The summed E-state index contributed by atoms with van der Waals surface area (Å²) in [6.07, 6.45) is -0.288. The number of nitrogens with two attached hydrogens (primary N) is 1. The summed E-state index contributed by atoms with van der Waals surface area (Å²) in [5.41, 5.74) is 12.1. The van der Waals surface area contributed by atoms with Gasteiger partial charge in [0.05, 0.1) is 22.7 Å². The summed E-state index contributed by atoms with van der Waals surface area (Å²) in [6, 6.07) is 16.3. The van der Waals surface area contributed by atoms with E-state index in [1.165, 1.54) is 0 Å².